The number of aliphatic imine (C=N–C) groups is 1. The molecule has 0 spiro atoms. The monoisotopic (exact) mass is 283 g/mol. The van der Waals surface area contributed by atoms with Gasteiger partial charge >= 0.3 is 5.00 Å². The molecule has 1 aromatic heterocycles. The predicted octanol–water partition coefficient (Wildman–Crippen LogP) is 3.68. The number of thiophene rings is 1. The van der Waals surface area contributed by atoms with Crippen LogP contribution in [0, 0.1) is 0 Å². The van der Waals surface area contributed by atoms with E-state index in [1.807, 2.05) is 13.0 Å². The summed E-state index contributed by atoms with van der Waals surface area (Å²) >= 11 is 1.46. The fourth-order valence-corrected chi connectivity index (χ4v) is 3.35. The van der Waals surface area contributed by atoms with E-state index < -0.39 is 11.7 Å². The van der Waals surface area contributed by atoms with E-state index in [-0.39, 0.29) is 25.1 Å². The summed E-state index contributed by atoms with van der Waals surface area (Å²) in [5.74, 6) is -1.72. The second-order valence-corrected chi connectivity index (χ2v) is 5.65. The van der Waals surface area contributed by atoms with Crippen molar-refractivity contribution in [3.05, 3.63) is 28.2 Å². The highest BCUT2D eigenvalue weighted by Crippen LogP contribution is 2.35. The number of hydrogen-bond acceptors (Lipinski definition) is 3. The Morgan fingerprint density at radius 3 is 2.95 bits per heavy atom. The molecule has 3 nitrogen and oxygen atoms in total. The van der Waals surface area contributed by atoms with E-state index in [9.17, 15) is 14.0 Å². The lowest BCUT2D eigenvalue weighted by atomic mass is 10.0. The second kappa shape index (κ2) is 4.52. The molecule has 0 bridgehead atoms. The van der Waals surface area contributed by atoms with Crippen molar-refractivity contribution in [2.45, 2.75) is 32.7 Å². The van der Waals surface area contributed by atoms with Crippen molar-refractivity contribution in [1.29, 1.82) is 0 Å². The van der Waals surface area contributed by atoms with E-state index in [1.165, 1.54) is 11.3 Å². The Balaban J connectivity index is 2.16. The minimum atomic E-state index is -0.939. The van der Waals surface area contributed by atoms with Crippen molar-refractivity contribution in [2.24, 2.45) is 4.99 Å². The maximum Gasteiger partial charge on any atom is 0.317 e. The van der Waals surface area contributed by atoms with Crippen LogP contribution >= 0.6 is 11.3 Å². The number of aryl methyl sites for hydroxylation is 1. The quantitative estimate of drug-likeness (QED) is 0.619. The molecular formula is C13H13F2N2OS+. The van der Waals surface area contributed by atoms with Crippen molar-refractivity contribution in [3.63, 3.8) is 0 Å². The van der Waals surface area contributed by atoms with Gasteiger partial charge in [0, 0.05) is 22.5 Å². The van der Waals surface area contributed by atoms with Crippen LogP contribution in [0.15, 0.2) is 22.7 Å². The minimum Gasteiger partial charge on any atom is -0.283 e. The largest absolute Gasteiger partial charge is 0.317 e. The van der Waals surface area contributed by atoms with E-state index in [0.29, 0.717) is 10.7 Å². The van der Waals surface area contributed by atoms with Crippen LogP contribution in [0.3, 0.4) is 0 Å². The zero-order valence-corrected chi connectivity index (χ0v) is 11.2. The van der Waals surface area contributed by atoms with Crippen LogP contribution < -0.4 is 0 Å². The molecule has 6 heteroatoms. The molecule has 2 aliphatic rings. The van der Waals surface area contributed by atoms with Crippen LogP contribution in [0.25, 0.3) is 0 Å². The van der Waals surface area contributed by atoms with E-state index in [0.717, 1.165) is 21.6 Å². The summed E-state index contributed by atoms with van der Waals surface area (Å²) in [7, 11) is 0. The molecule has 0 unspecified atom stereocenters. The first-order valence-corrected chi connectivity index (χ1v) is 6.99. The molecule has 100 valence electrons. The van der Waals surface area contributed by atoms with Crippen LogP contribution in [-0.2, 0) is 13.0 Å². The summed E-state index contributed by atoms with van der Waals surface area (Å²) in [6.07, 6.45) is 1.10. The standard InChI is InChI=1S/C13H13F2N2OS/c1-2-8-5-7-6-16-12-10(17(18)13(7)19-8)4-3-9(14)11(12)15/h5,18H,2-4,6H2,1H3/q+1. The fourth-order valence-electron chi connectivity index (χ4n) is 2.31. The summed E-state index contributed by atoms with van der Waals surface area (Å²) in [5.41, 5.74) is 1.15. The average Bonchev–Trinajstić information content (AvgIpc) is 2.77. The van der Waals surface area contributed by atoms with Gasteiger partial charge in [0.05, 0.1) is 12.1 Å². The highest BCUT2D eigenvalue weighted by molar-refractivity contribution is 7.15. The molecule has 2 heterocycles. The summed E-state index contributed by atoms with van der Waals surface area (Å²) in [6.45, 7) is 2.30. The first-order chi connectivity index (χ1) is 9.11. The topological polar surface area (TPSA) is 35.6 Å². The summed E-state index contributed by atoms with van der Waals surface area (Å²) in [6, 6.07) is 1.96. The Hall–Kier alpha value is -1.56. The van der Waals surface area contributed by atoms with Gasteiger partial charge in [0.15, 0.2) is 11.5 Å². The molecular weight excluding hydrogens is 270 g/mol. The number of nitrogens with zero attached hydrogens (tertiary/aromatic N) is 2. The van der Waals surface area contributed by atoms with Crippen LogP contribution in [-0.4, -0.2) is 21.4 Å². The Labute approximate surface area is 113 Å². The first-order valence-electron chi connectivity index (χ1n) is 6.17. The van der Waals surface area contributed by atoms with Crippen molar-refractivity contribution < 1.29 is 18.7 Å². The Morgan fingerprint density at radius 1 is 1.42 bits per heavy atom. The molecule has 1 aliphatic carbocycles. The van der Waals surface area contributed by atoms with Crippen molar-refractivity contribution >= 4 is 27.8 Å². The molecule has 1 aliphatic heterocycles. The van der Waals surface area contributed by atoms with Gasteiger partial charge in [-0.3, -0.25) is 10.2 Å². The third-order valence-electron chi connectivity index (χ3n) is 3.34. The fraction of sp³-hybridized carbons (Fsp3) is 0.385. The number of fused-ring (bicyclic) bond motifs is 2. The maximum absolute atomic E-state index is 13.8. The lowest BCUT2D eigenvalue weighted by Crippen LogP contribution is -2.27. The van der Waals surface area contributed by atoms with Gasteiger partial charge in [-0.1, -0.05) is 18.3 Å². The first kappa shape index (κ1) is 12.5. The highest BCUT2D eigenvalue weighted by atomic mass is 32.1. The van der Waals surface area contributed by atoms with Gasteiger partial charge in [-0.25, -0.2) is 8.78 Å². The predicted molar refractivity (Wildman–Crippen MR) is 70.0 cm³/mol. The van der Waals surface area contributed by atoms with E-state index in [4.69, 9.17) is 0 Å². The Kier molecular flexibility index (Phi) is 2.97. The van der Waals surface area contributed by atoms with Gasteiger partial charge in [-0.05, 0) is 12.5 Å². The Bertz CT molecular complexity index is 643. The van der Waals surface area contributed by atoms with Crippen molar-refractivity contribution in [2.75, 3.05) is 0 Å². The molecule has 1 N–H and O–H groups in total. The van der Waals surface area contributed by atoms with E-state index in [1.54, 1.807) is 0 Å². The number of halogens is 2. The lowest BCUT2D eigenvalue weighted by Gasteiger charge is -2.09. The van der Waals surface area contributed by atoms with E-state index in [2.05, 4.69) is 4.99 Å². The third kappa shape index (κ3) is 1.90. The number of rotatable bonds is 1. The molecule has 0 saturated heterocycles. The molecule has 19 heavy (non-hydrogen) atoms. The van der Waals surface area contributed by atoms with Crippen molar-refractivity contribution in [3.8, 4) is 0 Å². The van der Waals surface area contributed by atoms with E-state index >= 15 is 0 Å². The van der Waals surface area contributed by atoms with Gasteiger partial charge in [0.2, 0.25) is 0 Å². The molecule has 0 aromatic carbocycles. The van der Waals surface area contributed by atoms with Gasteiger partial charge in [-0.15, -0.1) is 0 Å². The molecule has 1 aromatic rings. The van der Waals surface area contributed by atoms with Crippen molar-refractivity contribution in [1.82, 2.24) is 0 Å². The summed E-state index contributed by atoms with van der Waals surface area (Å²) in [4.78, 5) is 5.27. The summed E-state index contributed by atoms with van der Waals surface area (Å²) < 4.78 is 28.0. The summed E-state index contributed by atoms with van der Waals surface area (Å²) in [5, 5.41) is 10.9. The second-order valence-electron chi connectivity index (χ2n) is 4.54. The molecule has 3 rings (SSSR count). The van der Waals surface area contributed by atoms with Gasteiger partial charge in [0.1, 0.15) is 5.83 Å². The van der Waals surface area contributed by atoms with Gasteiger partial charge < -0.3 is 0 Å². The third-order valence-corrected chi connectivity index (χ3v) is 4.64. The SMILES string of the molecule is CCc1cc2c(s1)[N+](O)=C1CCC(F)=C(F)C1=NC2. The molecule has 0 amide bonds. The molecule has 0 fully saturated rings. The Morgan fingerprint density at radius 2 is 2.21 bits per heavy atom. The molecule has 0 atom stereocenters. The molecule has 0 saturated carbocycles. The smallest absolute Gasteiger partial charge is 0.283 e. The number of allylic oxidation sites excluding steroid dienone is 2. The van der Waals surface area contributed by atoms with Gasteiger partial charge in [-0.2, -0.15) is 0 Å². The van der Waals surface area contributed by atoms with Crippen LogP contribution in [0.5, 0.6) is 0 Å². The zero-order valence-electron chi connectivity index (χ0n) is 10.4. The number of hydrogen-bond donors (Lipinski definition) is 1. The minimum absolute atomic E-state index is 0.0292. The van der Waals surface area contributed by atoms with Crippen LogP contribution in [0.2, 0.25) is 0 Å². The van der Waals surface area contributed by atoms with Gasteiger partial charge in [0.25, 0.3) is 5.71 Å². The highest BCUT2D eigenvalue weighted by Gasteiger charge is 2.37. The normalized spacial score (nSPS) is 19.0. The van der Waals surface area contributed by atoms with Crippen LogP contribution in [0.1, 0.15) is 30.2 Å². The lowest BCUT2D eigenvalue weighted by molar-refractivity contribution is -0.710. The zero-order chi connectivity index (χ0) is 13.6. The van der Waals surface area contributed by atoms with Crippen LogP contribution in [0.4, 0.5) is 13.8 Å². The average molecular weight is 283 g/mol. The maximum atomic E-state index is 13.8. The molecule has 0 radical (unpaired) electrons.